The van der Waals surface area contributed by atoms with E-state index in [4.69, 9.17) is 14.2 Å². The summed E-state index contributed by atoms with van der Waals surface area (Å²) in [5.74, 6) is -1.57. The fraction of sp³-hybridized carbons (Fsp3) is 1.00. The normalized spacial score (nSPS) is 46.8. The summed E-state index contributed by atoms with van der Waals surface area (Å²) in [6.45, 7) is -1.48. The molecule has 0 spiro atoms. The zero-order valence-electron chi connectivity index (χ0n) is 14.4. The smallest absolute Gasteiger partial charge is 0.251 e. The van der Waals surface area contributed by atoms with Gasteiger partial charge in [0.05, 0.1) is 19.3 Å². The van der Waals surface area contributed by atoms with Crippen molar-refractivity contribution in [2.45, 2.75) is 61.2 Å². The second-order valence-electron chi connectivity index (χ2n) is 6.59. The molecule has 2 saturated heterocycles. The number of nitro groups is 1. The molecule has 1 unspecified atom stereocenters. The third-order valence-corrected chi connectivity index (χ3v) is 5.06. The standard InChI is InChI=1S/C14H25NO12/c1-25-14-6(10(20)8(18)5(3-17)27-14)7(15(23)24)13-12(22)11(21)9(19)4(2-16)26-13/h4-14,16-22H,2-3H2,1H3/t4-,5-,6-,7-,8-,9-,10-,11+,12+,13+,14?/m1/s1. The number of hydrogen-bond acceptors (Lipinski definition) is 12. The van der Waals surface area contributed by atoms with E-state index in [-0.39, 0.29) is 0 Å². The number of ether oxygens (including phenoxy) is 3. The molecule has 0 aromatic carbocycles. The fourth-order valence-corrected chi connectivity index (χ4v) is 3.57. The van der Waals surface area contributed by atoms with Gasteiger partial charge >= 0.3 is 0 Å². The molecule has 0 bridgehead atoms. The van der Waals surface area contributed by atoms with Gasteiger partial charge in [-0.3, -0.25) is 10.1 Å². The lowest BCUT2D eigenvalue weighted by Crippen LogP contribution is -2.68. The van der Waals surface area contributed by atoms with Gasteiger partial charge in [-0.2, -0.15) is 0 Å². The third-order valence-electron chi connectivity index (χ3n) is 5.06. The molecule has 158 valence electrons. The highest BCUT2D eigenvalue weighted by Crippen LogP contribution is 2.35. The van der Waals surface area contributed by atoms with E-state index in [0.717, 1.165) is 7.11 Å². The minimum atomic E-state index is -1.95. The van der Waals surface area contributed by atoms with E-state index in [1.807, 2.05) is 0 Å². The van der Waals surface area contributed by atoms with Crippen LogP contribution in [0.25, 0.3) is 0 Å². The third kappa shape index (κ3) is 4.07. The Labute approximate surface area is 153 Å². The number of rotatable bonds is 6. The van der Waals surface area contributed by atoms with Crippen LogP contribution >= 0.6 is 0 Å². The predicted molar refractivity (Wildman–Crippen MR) is 82.8 cm³/mol. The lowest BCUT2D eigenvalue weighted by Gasteiger charge is -2.46. The van der Waals surface area contributed by atoms with Crippen LogP contribution in [0.5, 0.6) is 0 Å². The average molecular weight is 399 g/mol. The molecule has 11 atom stereocenters. The SMILES string of the molecule is COC1O[C@H](CO)[C@@H](O)[C@H](O)[C@H]1[C@H]([C@@H]1O[C@H](CO)[C@@H](O)[C@H](O)[C@@H]1O)[N+](=O)[O-]. The van der Waals surface area contributed by atoms with Crippen LogP contribution in [0.3, 0.4) is 0 Å². The van der Waals surface area contributed by atoms with Crippen LogP contribution in [0.15, 0.2) is 0 Å². The van der Waals surface area contributed by atoms with Crippen molar-refractivity contribution < 1.29 is 54.9 Å². The Morgan fingerprint density at radius 1 is 0.926 bits per heavy atom. The van der Waals surface area contributed by atoms with Gasteiger partial charge in [0.25, 0.3) is 6.04 Å². The van der Waals surface area contributed by atoms with Crippen molar-refractivity contribution in [1.29, 1.82) is 0 Å². The lowest BCUT2D eigenvalue weighted by atomic mass is 9.79. The van der Waals surface area contributed by atoms with Crippen molar-refractivity contribution in [2.75, 3.05) is 20.3 Å². The Hall–Kier alpha value is -1.00. The highest BCUT2D eigenvalue weighted by atomic mass is 16.7. The van der Waals surface area contributed by atoms with Crippen LogP contribution in [0.4, 0.5) is 0 Å². The Kier molecular flexibility index (Phi) is 7.43. The molecule has 0 saturated carbocycles. The summed E-state index contributed by atoms with van der Waals surface area (Å²) in [6, 6.07) is -1.95. The molecule has 2 fully saturated rings. The highest BCUT2D eigenvalue weighted by molar-refractivity contribution is 5.01. The monoisotopic (exact) mass is 399 g/mol. The molecule has 2 rings (SSSR count). The summed E-state index contributed by atoms with van der Waals surface area (Å²) >= 11 is 0. The average Bonchev–Trinajstić information content (AvgIpc) is 2.65. The summed E-state index contributed by atoms with van der Waals surface area (Å²) < 4.78 is 15.5. The number of aliphatic hydroxyl groups excluding tert-OH is 7. The molecule has 7 N–H and O–H groups in total. The first kappa shape index (κ1) is 22.3. The van der Waals surface area contributed by atoms with E-state index in [1.54, 1.807) is 0 Å². The number of nitrogens with zero attached hydrogens (tertiary/aromatic N) is 1. The Morgan fingerprint density at radius 2 is 1.44 bits per heavy atom. The molecule has 0 radical (unpaired) electrons. The summed E-state index contributed by atoms with van der Waals surface area (Å²) in [4.78, 5) is 10.8. The van der Waals surface area contributed by atoms with Crippen molar-refractivity contribution in [3.8, 4) is 0 Å². The largest absolute Gasteiger partial charge is 0.394 e. The van der Waals surface area contributed by atoms with E-state index in [2.05, 4.69) is 0 Å². The molecule has 27 heavy (non-hydrogen) atoms. The van der Waals surface area contributed by atoms with Crippen LogP contribution in [0, 0.1) is 16.0 Å². The number of aliphatic hydroxyl groups is 7. The van der Waals surface area contributed by atoms with Crippen LogP contribution in [0.2, 0.25) is 0 Å². The van der Waals surface area contributed by atoms with Gasteiger partial charge < -0.3 is 50.0 Å². The molecule has 0 aromatic heterocycles. The van der Waals surface area contributed by atoms with Crippen molar-refractivity contribution in [3.63, 3.8) is 0 Å². The minimum absolute atomic E-state index is 0.687. The number of methoxy groups -OCH3 is 1. The van der Waals surface area contributed by atoms with E-state index >= 15 is 0 Å². The number of hydrogen-bond donors (Lipinski definition) is 7. The first-order valence-corrected chi connectivity index (χ1v) is 8.28. The summed E-state index contributed by atoms with van der Waals surface area (Å²) in [5, 5.41) is 80.6. The quantitative estimate of drug-likeness (QED) is 0.165. The van der Waals surface area contributed by atoms with E-state index in [0.29, 0.717) is 0 Å². The van der Waals surface area contributed by atoms with Gasteiger partial charge in [-0.25, -0.2) is 0 Å². The van der Waals surface area contributed by atoms with Gasteiger partial charge in [-0.15, -0.1) is 0 Å². The molecule has 2 aliphatic rings. The molecular weight excluding hydrogens is 374 g/mol. The van der Waals surface area contributed by atoms with Crippen LogP contribution < -0.4 is 0 Å². The van der Waals surface area contributed by atoms with Crippen molar-refractivity contribution in [2.24, 2.45) is 5.92 Å². The maximum absolute atomic E-state index is 11.7. The maximum atomic E-state index is 11.7. The summed E-state index contributed by atoms with van der Waals surface area (Å²) in [7, 11) is 1.13. The van der Waals surface area contributed by atoms with Gasteiger partial charge in [-0.05, 0) is 0 Å². The predicted octanol–water partition coefficient (Wildman–Crippen LogP) is -4.82. The van der Waals surface area contributed by atoms with E-state index < -0.39 is 85.2 Å². The second-order valence-corrected chi connectivity index (χ2v) is 6.59. The van der Waals surface area contributed by atoms with Crippen LogP contribution in [-0.4, -0.2) is 122 Å². The lowest BCUT2D eigenvalue weighted by molar-refractivity contribution is -0.564. The Balaban J connectivity index is 2.38. The summed E-state index contributed by atoms with van der Waals surface area (Å²) in [5.41, 5.74) is 0. The van der Waals surface area contributed by atoms with Crippen molar-refractivity contribution in [3.05, 3.63) is 10.1 Å². The minimum Gasteiger partial charge on any atom is -0.394 e. The van der Waals surface area contributed by atoms with E-state index in [9.17, 15) is 45.9 Å². The molecule has 0 aromatic rings. The fourth-order valence-electron chi connectivity index (χ4n) is 3.57. The zero-order valence-corrected chi connectivity index (χ0v) is 14.4. The molecular formula is C14H25NO12. The van der Waals surface area contributed by atoms with Gasteiger partial charge in [0.15, 0.2) is 12.4 Å². The highest BCUT2D eigenvalue weighted by Gasteiger charge is 2.59. The van der Waals surface area contributed by atoms with Gasteiger partial charge in [0.1, 0.15) is 42.5 Å². The summed E-state index contributed by atoms with van der Waals surface area (Å²) in [6.07, 6.45) is -14.9. The second kappa shape index (κ2) is 9.00. The van der Waals surface area contributed by atoms with Gasteiger partial charge in [0.2, 0.25) is 0 Å². The molecule has 13 heteroatoms. The molecule has 2 aliphatic heterocycles. The molecule has 13 nitrogen and oxygen atoms in total. The molecule has 0 amide bonds. The first-order valence-electron chi connectivity index (χ1n) is 8.28. The Morgan fingerprint density at radius 3 is 1.93 bits per heavy atom. The molecule has 2 heterocycles. The van der Waals surface area contributed by atoms with Gasteiger partial charge in [0, 0.05) is 12.0 Å². The van der Waals surface area contributed by atoms with Crippen LogP contribution in [-0.2, 0) is 14.2 Å². The zero-order chi connectivity index (χ0) is 20.5. The van der Waals surface area contributed by atoms with Crippen molar-refractivity contribution in [1.82, 2.24) is 0 Å². The topological polar surface area (TPSA) is 212 Å². The Bertz CT molecular complexity index is 504. The van der Waals surface area contributed by atoms with Crippen molar-refractivity contribution >= 4 is 0 Å². The van der Waals surface area contributed by atoms with E-state index in [1.165, 1.54) is 0 Å². The van der Waals surface area contributed by atoms with Gasteiger partial charge in [-0.1, -0.05) is 0 Å². The molecule has 0 aliphatic carbocycles. The van der Waals surface area contributed by atoms with Crippen LogP contribution in [0.1, 0.15) is 0 Å². The maximum Gasteiger partial charge on any atom is 0.251 e. The first-order chi connectivity index (χ1) is 12.7.